The minimum atomic E-state index is -0.696. The average Bonchev–Trinajstić information content (AvgIpc) is 2.63. The summed E-state index contributed by atoms with van der Waals surface area (Å²) in [5.74, 6) is 2.22. The average molecular weight is 307 g/mol. The predicted molar refractivity (Wildman–Crippen MR) is 87.8 cm³/mol. The minimum Gasteiger partial charge on any atom is -0.497 e. The first kappa shape index (κ1) is 15.1. The second-order valence-corrected chi connectivity index (χ2v) is 5.04. The fraction of sp³-hybridized carbons (Fsp3) is 0.105. The van der Waals surface area contributed by atoms with E-state index in [-0.39, 0.29) is 0 Å². The van der Waals surface area contributed by atoms with Crippen molar-refractivity contribution in [3.63, 3.8) is 0 Å². The Morgan fingerprint density at radius 1 is 0.826 bits per heavy atom. The second-order valence-electron chi connectivity index (χ2n) is 5.04. The van der Waals surface area contributed by atoms with Gasteiger partial charge >= 0.3 is 0 Å². The highest BCUT2D eigenvalue weighted by atomic mass is 16.5. The van der Waals surface area contributed by atoms with Crippen LogP contribution in [0, 0.1) is 0 Å². The van der Waals surface area contributed by atoms with Gasteiger partial charge in [0.05, 0.1) is 7.11 Å². The predicted octanol–water partition coefficient (Wildman–Crippen LogP) is 3.96. The molecule has 0 bridgehead atoms. The summed E-state index contributed by atoms with van der Waals surface area (Å²) in [5.41, 5.74) is 1.55. The minimum absolute atomic E-state index is 0.696. The highest BCUT2D eigenvalue weighted by Gasteiger charge is 2.10. The lowest BCUT2D eigenvalue weighted by Gasteiger charge is -2.12. The first-order valence-corrected chi connectivity index (χ1v) is 7.26. The molecule has 0 amide bonds. The van der Waals surface area contributed by atoms with E-state index in [1.54, 1.807) is 25.6 Å². The summed E-state index contributed by atoms with van der Waals surface area (Å²) < 4.78 is 10.9. The van der Waals surface area contributed by atoms with E-state index < -0.39 is 6.10 Å². The van der Waals surface area contributed by atoms with E-state index in [4.69, 9.17) is 9.47 Å². The van der Waals surface area contributed by atoms with Gasteiger partial charge in [-0.3, -0.25) is 4.98 Å². The molecule has 1 N–H and O–H groups in total. The van der Waals surface area contributed by atoms with Crippen LogP contribution in [0.25, 0.3) is 0 Å². The third kappa shape index (κ3) is 3.67. The molecule has 0 spiro atoms. The molecule has 116 valence electrons. The zero-order chi connectivity index (χ0) is 16.1. The summed E-state index contributed by atoms with van der Waals surface area (Å²) in [4.78, 5) is 4.02. The molecule has 0 saturated carbocycles. The van der Waals surface area contributed by atoms with Crippen molar-refractivity contribution in [1.82, 2.24) is 4.98 Å². The fourth-order valence-electron chi connectivity index (χ4n) is 2.23. The van der Waals surface area contributed by atoms with Crippen molar-refractivity contribution in [3.8, 4) is 17.2 Å². The van der Waals surface area contributed by atoms with Crippen LogP contribution in [0.1, 0.15) is 17.2 Å². The number of pyridine rings is 1. The van der Waals surface area contributed by atoms with Crippen LogP contribution >= 0.6 is 0 Å². The molecule has 3 aromatic rings. The van der Waals surface area contributed by atoms with Crippen LogP contribution in [0.3, 0.4) is 0 Å². The lowest BCUT2D eigenvalue weighted by Crippen LogP contribution is -1.99. The van der Waals surface area contributed by atoms with E-state index in [0.29, 0.717) is 5.75 Å². The Balaban J connectivity index is 1.71. The lowest BCUT2D eigenvalue weighted by molar-refractivity contribution is 0.220. The summed E-state index contributed by atoms with van der Waals surface area (Å²) in [5, 5.41) is 10.3. The molecule has 3 rings (SSSR count). The molecule has 0 radical (unpaired) electrons. The zero-order valence-corrected chi connectivity index (χ0v) is 12.7. The molecule has 0 saturated heterocycles. The van der Waals surface area contributed by atoms with Crippen LogP contribution < -0.4 is 9.47 Å². The first-order chi connectivity index (χ1) is 11.3. The fourth-order valence-corrected chi connectivity index (χ4v) is 2.23. The van der Waals surface area contributed by atoms with Crippen LogP contribution in [-0.4, -0.2) is 17.2 Å². The summed E-state index contributed by atoms with van der Waals surface area (Å²) in [7, 11) is 1.63. The van der Waals surface area contributed by atoms with Gasteiger partial charge in [-0.25, -0.2) is 0 Å². The molecular formula is C19H17NO3. The molecule has 1 atom stereocenters. The number of aromatic nitrogens is 1. The Hall–Kier alpha value is -2.85. The summed E-state index contributed by atoms with van der Waals surface area (Å²) in [6, 6.07) is 18.4. The monoisotopic (exact) mass is 307 g/mol. The molecule has 4 nitrogen and oxygen atoms in total. The smallest absolute Gasteiger partial charge is 0.127 e. The molecule has 4 heteroatoms. The maximum atomic E-state index is 10.3. The van der Waals surface area contributed by atoms with E-state index in [9.17, 15) is 5.11 Å². The van der Waals surface area contributed by atoms with Gasteiger partial charge in [0.1, 0.15) is 23.4 Å². The molecule has 0 aliphatic heterocycles. The number of hydrogen-bond donors (Lipinski definition) is 1. The van der Waals surface area contributed by atoms with Crippen LogP contribution in [0.4, 0.5) is 0 Å². The lowest BCUT2D eigenvalue weighted by atomic mass is 10.0. The number of rotatable bonds is 5. The van der Waals surface area contributed by atoms with Gasteiger partial charge in [0.2, 0.25) is 0 Å². The Morgan fingerprint density at radius 2 is 1.43 bits per heavy atom. The number of nitrogens with zero attached hydrogens (tertiary/aromatic N) is 1. The van der Waals surface area contributed by atoms with Gasteiger partial charge in [0.15, 0.2) is 0 Å². The Bertz CT molecular complexity index is 740. The molecule has 0 aliphatic carbocycles. The largest absolute Gasteiger partial charge is 0.497 e. The van der Waals surface area contributed by atoms with Gasteiger partial charge in [0, 0.05) is 18.0 Å². The quantitative estimate of drug-likeness (QED) is 0.775. The van der Waals surface area contributed by atoms with Crippen molar-refractivity contribution < 1.29 is 14.6 Å². The summed E-state index contributed by atoms with van der Waals surface area (Å²) in [6.45, 7) is 0. The molecule has 2 aromatic carbocycles. The number of hydrogen-bond acceptors (Lipinski definition) is 4. The van der Waals surface area contributed by atoms with Gasteiger partial charge in [-0.15, -0.1) is 0 Å². The third-order valence-corrected chi connectivity index (χ3v) is 3.49. The molecule has 0 fully saturated rings. The van der Waals surface area contributed by atoms with E-state index >= 15 is 0 Å². The second kappa shape index (κ2) is 6.94. The molecular weight excluding hydrogens is 290 g/mol. The number of benzene rings is 2. The molecule has 23 heavy (non-hydrogen) atoms. The highest BCUT2D eigenvalue weighted by molar-refractivity contribution is 5.38. The summed E-state index contributed by atoms with van der Waals surface area (Å²) >= 11 is 0. The maximum absolute atomic E-state index is 10.3. The number of aliphatic hydroxyl groups is 1. The highest BCUT2D eigenvalue weighted by Crippen LogP contribution is 2.27. The van der Waals surface area contributed by atoms with Crippen molar-refractivity contribution >= 4 is 0 Å². The number of aliphatic hydroxyl groups excluding tert-OH is 1. The molecule has 0 aliphatic rings. The van der Waals surface area contributed by atoms with E-state index in [1.807, 2.05) is 54.6 Å². The van der Waals surface area contributed by atoms with Crippen LogP contribution in [0.15, 0.2) is 73.1 Å². The van der Waals surface area contributed by atoms with Gasteiger partial charge in [-0.2, -0.15) is 0 Å². The Kier molecular flexibility index (Phi) is 4.54. The van der Waals surface area contributed by atoms with Crippen molar-refractivity contribution in [2.24, 2.45) is 0 Å². The maximum Gasteiger partial charge on any atom is 0.127 e. The van der Waals surface area contributed by atoms with Gasteiger partial charge < -0.3 is 14.6 Å². The third-order valence-electron chi connectivity index (χ3n) is 3.49. The first-order valence-electron chi connectivity index (χ1n) is 7.26. The van der Waals surface area contributed by atoms with E-state index in [0.717, 1.165) is 22.6 Å². The zero-order valence-electron chi connectivity index (χ0n) is 12.7. The van der Waals surface area contributed by atoms with Gasteiger partial charge in [-0.1, -0.05) is 18.2 Å². The van der Waals surface area contributed by atoms with Gasteiger partial charge in [0.25, 0.3) is 0 Å². The Morgan fingerprint density at radius 3 is 2.00 bits per heavy atom. The Labute approximate surface area is 135 Å². The van der Waals surface area contributed by atoms with Crippen LogP contribution in [-0.2, 0) is 0 Å². The molecule has 1 unspecified atom stereocenters. The van der Waals surface area contributed by atoms with Crippen molar-refractivity contribution in [1.29, 1.82) is 0 Å². The normalized spacial score (nSPS) is 11.7. The molecule has 1 aromatic heterocycles. The van der Waals surface area contributed by atoms with E-state index in [1.165, 1.54) is 0 Å². The topological polar surface area (TPSA) is 51.6 Å². The van der Waals surface area contributed by atoms with Crippen LogP contribution in [0.5, 0.6) is 17.2 Å². The van der Waals surface area contributed by atoms with Gasteiger partial charge in [-0.05, 0) is 48.0 Å². The summed E-state index contributed by atoms with van der Waals surface area (Å²) in [6.07, 6.45) is 2.65. The number of ether oxygens (including phenoxy) is 2. The SMILES string of the molecule is COc1ccc(Oc2ccc(C(O)c3cccnc3)cc2)cc1. The van der Waals surface area contributed by atoms with Crippen molar-refractivity contribution in [3.05, 3.63) is 84.2 Å². The van der Waals surface area contributed by atoms with Crippen LogP contribution in [0.2, 0.25) is 0 Å². The van der Waals surface area contributed by atoms with Crippen molar-refractivity contribution in [2.45, 2.75) is 6.10 Å². The standard InChI is InChI=1S/C19H17NO3/c1-22-16-8-10-18(11-9-16)23-17-6-4-14(5-7-17)19(21)15-3-2-12-20-13-15/h2-13,19,21H,1H3. The number of methoxy groups -OCH3 is 1. The van der Waals surface area contributed by atoms with Crippen molar-refractivity contribution in [2.75, 3.05) is 7.11 Å². The van der Waals surface area contributed by atoms with E-state index in [2.05, 4.69) is 4.98 Å². The molecule has 1 heterocycles.